The first-order valence-electron chi connectivity index (χ1n) is 7.48. The van der Waals surface area contributed by atoms with E-state index in [1.54, 1.807) is 11.0 Å². The van der Waals surface area contributed by atoms with Gasteiger partial charge in [0.1, 0.15) is 18.7 Å². The van der Waals surface area contributed by atoms with Crippen molar-refractivity contribution in [3.8, 4) is 0 Å². The fourth-order valence-electron chi connectivity index (χ4n) is 2.12. The molecule has 1 N–H and O–H groups in total. The van der Waals surface area contributed by atoms with Crippen LogP contribution in [-0.4, -0.2) is 39.2 Å². The Bertz CT molecular complexity index is 614. The molecule has 0 fully saturated rings. The summed E-state index contributed by atoms with van der Waals surface area (Å²) in [5, 5.41) is 7.38. The van der Waals surface area contributed by atoms with Gasteiger partial charge in [0.15, 0.2) is 5.96 Å². The van der Waals surface area contributed by atoms with Gasteiger partial charge in [0.25, 0.3) is 0 Å². The summed E-state index contributed by atoms with van der Waals surface area (Å²) in [5.41, 5.74) is 2.53. The van der Waals surface area contributed by atoms with E-state index in [0.29, 0.717) is 6.54 Å². The maximum absolute atomic E-state index is 4.64. The summed E-state index contributed by atoms with van der Waals surface area (Å²) in [7, 11) is 3.92. The van der Waals surface area contributed by atoms with Gasteiger partial charge in [-0.3, -0.25) is 4.68 Å². The van der Waals surface area contributed by atoms with Crippen molar-refractivity contribution < 1.29 is 0 Å². The second kappa shape index (κ2) is 7.59. The van der Waals surface area contributed by atoms with Gasteiger partial charge in [-0.1, -0.05) is 29.8 Å². The summed E-state index contributed by atoms with van der Waals surface area (Å²) in [6, 6.07) is 8.57. The molecule has 0 atom stereocenters. The molecule has 0 radical (unpaired) electrons. The largest absolute Gasteiger partial charge is 0.357 e. The Morgan fingerprint density at radius 3 is 2.64 bits per heavy atom. The predicted molar refractivity (Wildman–Crippen MR) is 88.5 cm³/mol. The summed E-state index contributed by atoms with van der Waals surface area (Å²) in [6.07, 6.45) is 1.55. The molecule has 0 amide bonds. The molecule has 2 aromatic rings. The molecule has 0 saturated heterocycles. The predicted octanol–water partition coefficient (Wildman–Crippen LogP) is 1.72. The molecule has 0 aliphatic heterocycles. The summed E-state index contributed by atoms with van der Waals surface area (Å²) < 4.78 is 1.74. The molecule has 0 aliphatic carbocycles. The van der Waals surface area contributed by atoms with Crippen LogP contribution in [0.4, 0.5) is 0 Å². The lowest BCUT2D eigenvalue weighted by Crippen LogP contribution is -2.38. The third kappa shape index (κ3) is 4.31. The van der Waals surface area contributed by atoms with E-state index in [1.807, 2.05) is 14.1 Å². The van der Waals surface area contributed by atoms with Crippen molar-refractivity contribution in [2.75, 3.05) is 13.6 Å². The molecule has 1 aromatic heterocycles. The fraction of sp³-hybridized carbons (Fsp3) is 0.438. The first-order valence-corrected chi connectivity index (χ1v) is 7.48. The number of nitrogens with zero attached hydrogens (tertiary/aromatic N) is 5. The average Bonchev–Trinajstić information content (AvgIpc) is 2.91. The molecule has 22 heavy (non-hydrogen) atoms. The van der Waals surface area contributed by atoms with Gasteiger partial charge in [-0.2, -0.15) is 5.10 Å². The molecule has 118 valence electrons. The summed E-state index contributed by atoms with van der Waals surface area (Å²) >= 11 is 0. The zero-order valence-corrected chi connectivity index (χ0v) is 13.7. The van der Waals surface area contributed by atoms with E-state index in [0.717, 1.165) is 24.9 Å². The number of rotatable bonds is 5. The van der Waals surface area contributed by atoms with Gasteiger partial charge in [-0.05, 0) is 19.4 Å². The molecular formula is C16H24N6. The van der Waals surface area contributed by atoms with Crippen molar-refractivity contribution in [3.63, 3.8) is 0 Å². The fourth-order valence-corrected chi connectivity index (χ4v) is 2.12. The Hall–Kier alpha value is -2.37. The zero-order chi connectivity index (χ0) is 15.9. The van der Waals surface area contributed by atoms with Gasteiger partial charge in [-0.15, -0.1) is 0 Å². The first-order chi connectivity index (χ1) is 10.6. The molecule has 0 spiro atoms. The molecule has 6 nitrogen and oxygen atoms in total. The molecule has 0 saturated carbocycles. The summed E-state index contributed by atoms with van der Waals surface area (Å²) in [6.45, 7) is 6.31. The second-order valence-corrected chi connectivity index (χ2v) is 5.31. The average molecular weight is 300 g/mol. The van der Waals surface area contributed by atoms with E-state index in [-0.39, 0.29) is 0 Å². The van der Waals surface area contributed by atoms with Crippen LogP contribution in [0.5, 0.6) is 0 Å². The minimum atomic E-state index is 0.511. The Morgan fingerprint density at radius 2 is 2.05 bits per heavy atom. The number of hydrogen-bond acceptors (Lipinski definition) is 3. The number of aliphatic imine (C=N–C) groups is 1. The quantitative estimate of drug-likeness (QED) is 0.675. The maximum Gasteiger partial charge on any atom is 0.194 e. The number of aromatic nitrogens is 3. The van der Waals surface area contributed by atoms with Crippen LogP contribution in [0.25, 0.3) is 0 Å². The highest BCUT2D eigenvalue weighted by atomic mass is 15.3. The molecule has 6 heteroatoms. The lowest BCUT2D eigenvalue weighted by atomic mass is 10.1. The van der Waals surface area contributed by atoms with Gasteiger partial charge < -0.3 is 10.2 Å². The number of hydrogen-bond donors (Lipinski definition) is 1. The minimum absolute atomic E-state index is 0.511. The standard InChI is InChI=1S/C16H24N6/c1-5-17-16(18-10-15-19-12-20-22(15)4)21(3)11-14-8-6-13(2)7-9-14/h6-9,12H,5,10-11H2,1-4H3,(H,17,18). The van der Waals surface area contributed by atoms with Gasteiger partial charge in [0.2, 0.25) is 0 Å². The van der Waals surface area contributed by atoms with E-state index in [9.17, 15) is 0 Å². The highest BCUT2D eigenvalue weighted by Gasteiger charge is 2.07. The van der Waals surface area contributed by atoms with Crippen LogP contribution in [0.3, 0.4) is 0 Å². The topological polar surface area (TPSA) is 58.3 Å². The van der Waals surface area contributed by atoms with Crippen molar-refractivity contribution in [2.45, 2.75) is 26.9 Å². The lowest BCUT2D eigenvalue weighted by molar-refractivity contribution is 0.476. The number of aryl methyl sites for hydroxylation is 2. The van der Waals surface area contributed by atoms with Crippen LogP contribution in [0.15, 0.2) is 35.6 Å². The smallest absolute Gasteiger partial charge is 0.194 e. The lowest BCUT2D eigenvalue weighted by Gasteiger charge is -2.22. The SMILES string of the molecule is CCNC(=NCc1ncnn1C)N(C)Cc1ccc(C)cc1. The molecular weight excluding hydrogens is 276 g/mol. The Labute approximate surface area is 131 Å². The Kier molecular flexibility index (Phi) is 5.52. The van der Waals surface area contributed by atoms with E-state index in [4.69, 9.17) is 0 Å². The third-order valence-corrected chi connectivity index (χ3v) is 3.41. The van der Waals surface area contributed by atoms with Gasteiger partial charge in [0.05, 0.1) is 0 Å². The molecule has 1 heterocycles. The number of benzene rings is 1. The van der Waals surface area contributed by atoms with E-state index < -0.39 is 0 Å². The molecule has 1 aromatic carbocycles. The van der Waals surface area contributed by atoms with Crippen LogP contribution >= 0.6 is 0 Å². The highest BCUT2D eigenvalue weighted by Crippen LogP contribution is 2.06. The van der Waals surface area contributed by atoms with Crippen LogP contribution in [0, 0.1) is 6.92 Å². The van der Waals surface area contributed by atoms with E-state index >= 15 is 0 Å². The molecule has 2 rings (SSSR count). The van der Waals surface area contributed by atoms with Crippen molar-refractivity contribution in [1.29, 1.82) is 0 Å². The Morgan fingerprint density at radius 1 is 1.32 bits per heavy atom. The number of guanidine groups is 1. The zero-order valence-electron chi connectivity index (χ0n) is 13.7. The maximum atomic E-state index is 4.64. The van der Waals surface area contributed by atoms with Crippen molar-refractivity contribution >= 4 is 5.96 Å². The third-order valence-electron chi connectivity index (χ3n) is 3.41. The molecule has 0 unspecified atom stereocenters. The van der Waals surface area contributed by atoms with Crippen LogP contribution in [0.2, 0.25) is 0 Å². The monoisotopic (exact) mass is 300 g/mol. The van der Waals surface area contributed by atoms with Gasteiger partial charge >= 0.3 is 0 Å². The normalized spacial score (nSPS) is 11.5. The molecule has 0 aliphatic rings. The Balaban J connectivity index is 2.05. The van der Waals surface area contributed by atoms with Crippen LogP contribution < -0.4 is 5.32 Å². The van der Waals surface area contributed by atoms with Crippen LogP contribution in [-0.2, 0) is 20.1 Å². The first kappa shape index (κ1) is 16.0. The van der Waals surface area contributed by atoms with Crippen molar-refractivity contribution in [1.82, 2.24) is 25.0 Å². The van der Waals surface area contributed by atoms with E-state index in [2.05, 4.69) is 63.4 Å². The highest BCUT2D eigenvalue weighted by molar-refractivity contribution is 5.79. The minimum Gasteiger partial charge on any atom is -0.357 e. The number of nitrogens with one attached hydrogen (secondary N) is 1. The van der Waals surface area contributed by atoms with Crippen molar-refractivity contribution in [2.24, 2.45) is 12.0 Å². The van der Waals surface area contributed by atoms with E-state index in [1.165, 1.54) is 11.1 Å². The van der Waals surface area contributed by atoms with Gasteiger partial charge in [0, 0.05) is 27.2 Å². The second-order valence-electron chi connectivity index (χ2n) is 5.31. The van der Waals surface area contributed by atoms with Crippen molar-refractivity contribution in [3.05, 3.63) is 47.5 Å². The van der Waals surface area contributed by atoms with Gasteiger partial charge in [-0.25, -0.2) is 9.98 Å². The summed E-state index contributed by atoms with van der Waals surface area (Å²) in [5.74, 6) is 1.71. The molecule has 0 bridgehead atoms. The van der Waals surface area contributed by atoms with Crippen LogP contribution in [0.1, 0.15) is 23.9 Å². The summed E-state index contributed by atoms with van der Waals surface area (Å²) in [4.78, 5) is 11.0.